The van der Waals surface area contributed by atoms with E-state index in [1.165, 1.54) is 0 Å². The lowest BCUT2D eigenvalue weighted by Crippen LogP contribution is -2.61. The molecule has 0 aliphatic carbocycles. The Labute approximate surface area is 262 Å². The molecule has 4 rings (SSSR count). The molecule has 0 radical (unpaired) electrons. The molecule has 1 aliphatic heterocycles. The zero-order chi connectivity index (χ0) is 31.1. The van der Waals surface area contributed by atoms with Gasteiger partial charge in [0.1, 0.15) is 18.6 Å². The number of benzene rings is 3. The first-order valence-corrected chi connectivity index (χ1v) is 14.8. The topological polar surface area (TPSA) is 114 Å². The Balaban J connectivity index is 1.70. The van der Waals surface area contributed by atoms with E-state index in [4.69, 9.17) is 35.3 Å². The lowest BCUT2D eigenvalue weighted by Gasteiger charge is -2.43. The number of alkyl halides is 2. The molecule has 0 bridgehead atoms. The third kappa shape index (κ3) is 8.43. The summed E-state index contributed by atoms with van der Waals surface area (Å²) in [6.07, 6.45) is -5.15. The van der Waals surface area contributed by atoms with Crippen LogP contribution in [-0.4, -0.2) is 65.8 Å². The van der Waals surface area contributed by atoms with Gasteiger partial charge >= 0.3 is 23.9 Å². The standard InChI is InChI=1S/C32H30BrClO9/c1-18-4-10-21(11-5-18)30(36)41-26-24(17-39-25(35)16-34)40-29(33)28(43-32(38)23-14-8-20(3)9-15-23)27(26)42-31(37)22-12-6-19(2)7-13-22/h4-15,24,26-29H,16-17H2,1-3H3/t24-,26+,27+,28-,29+/m1/s1. The van der Waals surface area contributed by atoms with Crippen molar-refractivity contribution in [2.45, 2.75) is 50.2 Å². The van der Waals surface area contributed by atoms with E-state index in [0.717, 1.165) is 16.7 Å². The van der Waals surface area contributed by atoms with Crippen LogP contribution in [0.15, 0.2) is 72.8 Å². The van der Waals surface area contributed by atoms with Crippen LogP contribution >= 0.6 is 27.5 Å². The van der Waals surface area contributed by atoms with Crippen molar-refractivity contribution in [3.8, 4) is 0 Å². The Kier molecular flexibility index (Phi) is 11.0. The monoisotopic (exact) mass is 672 g/mol. The molecule has 226 valence electrons. The van der Waals surface area contributed by atoms with E-state index in [-0.39, 0.29) is 16.7 Å². The van der Waals surface area contributed by atoms with Crippen LogP contribution in [0.2, 0.25) is 0 Å². The molecule has 1 saturated heterocycles. The molecule has 1 aliphatic rings. The highest BCUT2D eigenvalue weighted by Gasteiger charge is 2.52. The normalized spacial score (nSPS) is 21.4. The van der Waals surface area contributed by atoms with E-state index in [1.807, 2.05) is 20.8 Å². The third-order valence-corrected chi connectivity index (χ3v) is 7.64. The fourth-order valence-electron chi connectivity index (χ4n) is 4.26. The minimum atomic E-state index is -1.38. The molecule has 0 N–H and O–H groups in total. The van der Waals surface area contributed by atoms with Gasteiger partial charge in [-0.05, 0) is 57.2 Å². The van der Waals surface area contributed by atoms with E-state index in [1.54, 1.807) is 72.8 Å². The summed E-state index contributed by atoms with van der Waals surface area (Å²) in [6, 6.07) is 20.0. The quantitative estimate of drug-likeness (QED) is 0.165. The molecule has 0 saturated carbocycles. The first-order chi connectivity index (χ1) is 20.5. The van der Waals surface area contributed by atoms with Crippen LogP contribution in [0.1, 0.15) is 47.8 Å². The van der Waals surface area contributed by atoms with Crippen LogP contribution < -0.4 is 0 Å². The average molecular weight is 674 g/mol. The maximum absolute atomic E-state index is 13.4. The molecule has 11 heteroatoms. The van der Waals surface area contributed by atoms with Crippen LogP contribution in [0.5, 0.6) is 0 Å². The number of rotatable bonds is 9. The van der Waals surface area contributed by atoms with Crippen molar-refractivity contribution in [3.05, 3.63) is 106 Å². The van der Waals surface area contributed by atoms with Gasteiger partial charge in [0.25, 0.3) is 0 Å². The van der Waals surface area contributed by atoms with Gasteiger partial charge in [-0.2, -0.15) is 0 Å². The molecule has 1 heterocycles. The van der Waals surface area contributed by atoms with Crippen molar-refractivity contribution in [1.82, 2.24) is 0 Å². The predicted molar refractivity (Wildman–Crippen MR) is 160 cm³/mol. The summed E-state index contributed by atoms with van der Waals surface area (Å²) in [5.41, 5.74) is 3.50. The molecular weight excluding hydrogens is 644 g/mol. The van der Waals surface area contributed by atoms with Crippen molar-refractivity contribution < 1.29 is 42.9 Å². The molecule has 1 fully saturated rings. The molecule has 0 spiro atoms. The van der Waals surface area contributed by atoms with Crippen molar-refractivity contribution in [2.75, 3.05) is 12.5 Å². The maximum Gasteiger partial charge on any atom is 0.338 e. The maximum atomic E-state index is 13.4. The van der Waals surface area contributed by atoms with Crippen LogP contribution in [0.25, 0.3) is 0 Å². The van der Waals surface area contributed by atoms with Gasteiger partial charge in [-0.25, -0.2) is 14.4 Å². The number of halogens is 2. The van der Waals surface area contributed by atoms with Gasteiger partial charge in [0, 0.05) is 0 Å². The van der Waals surface area contributed by atoms with E-state index < -0.39 is 65.8 Å². The summed E-state index contributed by atoms with van der Waals surface area (Å²) < 4.78 is 28.8. The van der Waals surface area contributed by atoms with E-state index in [9.17, 15) is 19.2 Å². The fraction of sp³-hybridized carbons (Fsp3) is 0.312. The first kappa shape index (κ1) is 32.2. The smallest absolute Gasteiger partial charge is 0.338 e. The molecule has 0 aromatic heterocycles. The fourth-order valence-corrected chi connectivity index (χ4v) is 5.02. The van der Waals surface area contributed by atoms with Crippen molar-refractivity contribution in [3.63, 3.8) is 0 Å². The van der Waals surface area contributed by atoms with Gasteiger partial charge in [0.2, 0.25) is 0 Å². The number of esters is 4. The zero-order valence-electron chi connectivity index (χ0n) is 23.7. The Morgan fingerprint density at radius 1 is 0.651 bits per heavy atom. The van der Waals surface area contributed by atoms with Crippen molar-refractivity contribution in [2.24, 2.45) is 0 Å². The van der Waals surface area contributed by atoms with Crippen molar-refractivity contribution in [1.29, 1.82) is 0 Å². The molecule has 3 aromatic rings. The van der Waals surface area contributed by atoms with Gasteiger partial charge in [0.15, 0.2) is 23.3 Å². The molecule has 43 heavy (non-hydrogen) atoms. The van der Waals surface area contributed by atoms with Crippen LogP contribution in [0, 0.1) is 20.8 Å². The van der Waals surface area contributed by atoms with E-state index in [0.29, 0.717) is 0 Å². The number of hydrogen-bond acceptors (Lipinski definition) is 9. The molecule has 3 aromatic carbocycles. The highest BCUT2D eigenvalue weighted by molar-refractivity contribution is 9.09. The zero-order valence-corrected chi connectivity index (χ0v) is 26.0. The number of hydrogen-bond donors (Lipinski definition) is 0. The summed E-state index contributed by atoms with van der Waals surface area (Å²) in [5, 5.41) is -1.05. The van der Waals surface area contributed by atoms with Crippen LogP contribution in [0.3, 0.4) is 0 Å². The van der Waals surface area contributed by atoms with Gasteiger partial charge in [0.05, 0.1) is 16.7 Å². The Morgan fingerprint density at radius 2 is 1.02 bits per heavy atom. The number of carbonyl (C=O) groups excluding carboxylic acids is 4. The molecule has 0 amide bonds. The second kappa shape index (κ2) is 14.6. The number of carbonyl (C=O) groups is 4. The molecular formula is C32H30BrClO9. The van der Waals surface area contributed by atoms with Gasteiger partial charge in [-0.3, -0.25) is 4.79 Å². The lowest BCUT2D eigenvalue weighted by atomic mass is 9.98. The minimum Gasteiger partial charge on any atom is -0.462 e. The summed E-state index contributed by atoms with van der Waals surface area (Å²) >= 11 is 8.98. The van der Waals surface area contributed by atoms with Gasteiger partial charge in [-0.15, -0.1) is 11.6 Å². The Morgan fingerprint density at radius 3 is 1.42 bits per heavy atom. The summed E-state index contributed by atoms with van der Waals surface area (Å²) in [6.45, 7) is 5.23. The first-order valence-electron chi connectivity index (χ1n) is 13.4. The number of ether oxygens (including phenoxy) is 5. The highest BCUT2D eigenvalue weighted by atomic mass is 79.9. The van der Waals surface area contributed by atoms with Crippen LogP contribution in [0.4, 0.5) is 0 Å². The van der Waals surface area contributed by atoms with Gasteiger partial charge in [-0.1, -0.05) is 69.0 Å². The van der Waals surface area contributed by atoms with Crippen LogP contribution in [-0.2, 0) is 28.5 Å². The largest absolute Gasteiger partial charge is 0.462 e. The summed E-state index contributed by atoms with van der Waals surface area (Å²) in [4.78, 5) is 51.8. The van der Waals surface area contributed by atoms with E-state index in [2.05, 4.69) is 15.9 Å². The second-order valence-corrected chi connectivity index (χ2v) is 11.2. The lowest BCUT2D eigenvalue weighted by molar-refractivity contribution is -0.209. The molecule has 0 unspecified atom stereocenters. The second-order valence-electron chi connectivity index (χ2n) is 10.1. The minimum absolute atomic E-state index is 0.222. The third-order valence-electron chi connectivity index (χ3n) is 6.69. The SMILES string of the molecule is Cc1ccc(C(=O)O[C@@H]2[C@@H](OC(=O)c3ccc(C)cc3)[C@@H](Br)O[C@H](COC(=O)CCl)[C@@H]2OC(=O)c2ccc(C)cc2)cc1. The molecule has 9 nitrogen and oxygen atoms in total. The van der Waals surface area contributed by atoms with Gasteiger partial charge < -0.3 is 23.7 Å². The Bertz CT molecular complexity index is 1440. The summed E-state index contributed by atoms with van der Waals surface area (Å²) in [5.74, 6) is -3.38. The Hall–Kier alpha value is -3.73. The summed E-state index contributed by atoms with van der Waals surface area (Å²) in [7, 11) is 0. The average Bonchev–Trinajstić information content (AvgIpc) is 2.99. The predicted octanol–water partition coefficient (Wildman–Crippen LogP) is 5.49. The van der Waals surface area contributed by atoms with Crippen molar-refractivity contribution >= 4 is 51.4 Å². The molecule has 5 atom stereocenters. The van der Waals surface area contributed by atoms with E-state index >= 15 is 0 Å². The number of aryl methyl sites for hydroxylation is 3. The highest BCUT2D eigenvalue weighted by Crippen LogP contribution is 2.33.